The number of ether oxygens (including phenoxy) is 1. The second-order valence-corrected chi connectivity index (χ2v) is 5.77. The summed E-state index contributed by atoms with van der Waals surface area (Å²) in [6, 6.07) is 6.46. The molecule has 0 saturated carbocycles. The molecule has 4 heteroatoms. The summed E-state index contributed by atoms with van der Waals surface area (Å²) in [5.74, 6) is 0.624. The number of halogens is 2. The maximum atomic E-state index is 6.11. The van der Waals surface area contributed by atoms with Crippen LogP contribution >= 0.6 is 27.5 Å². The Balaban J connectivity index is 2.21. The quantitative estimate of drug-likeness (QED) is 0.915. The Morgan fingerprint density at radius 3 is 2.65 bits per heavy atom. The van der Waals surface area contributed by atoms with E-state index in [1.165, 1.54) is 5.56 Å². The molecule has 17 heavy (non-hydrogen) atoms. The van der Waals surface area contributed by atoms with Crippen molar-refractivity contribution in [2.45, 2.75) is 18.9 Å². The molecule has 1 aromatic carbocycles. The van der Waals surface area contributed by atoms with E-state index in [-0.39, 0.29) is 0 Å². The summed E-state index contributed by atoms with van der Waals surface area (Å²) in [5.41, 5.74) is 1.25. The third kappa shape index (κ3) is 3.44. The Kier molecular flexibility index (Phi) is 4.86. The molecular formula is C13H17BrClNO. The van der Waals surface area contributed by atoms with Gasteiger partial charge in [-0.2, -0.15) is 0 Å². The Hall–Kier alpha value is -0.0900. The van der Waals surface area contributed by atoms with E-state index in [4.69, 9.17) is 16.3 Å². The lowest BCUT2D eigenvalue weighted by Gasteiger charge is -2.30. The molecule has 0 amide bonds. The Morgan fingerprint density at radius 1 is 1.35 bits per heavy atom. The van der Waals surface area contributed by atoms with Gasteiger partial charge in [0.25, 0.3) is 0 Å². The van der Waals surface area contributed by atoms with Crippen LogP contribution in [0.25, 0.3) is 0 Å². The maximum absolute atomic E-state index is 6.11. The summed E-state index contributed by atoms with van der Waals surface area (Å²) < 4.78 is 6.45. The van der Waals surface area contributed by atoms with Crippen molar-refractivity contribution in [1.29, 1.82) is 0 Å². The first kappa shape index (κ1) is 13.3. The fraction of sp³-hybridized carbons (Fsp3) is 0.538. The molecule has 0 spiro atoms. The molecule has 0 bridgehead atoms. The highest BCUT2D eigenvalue weighted by Crippen LogP contribution is 2.32. The Morgan fingerprint density at radius 2 is 2.06 bits per heavy atom. The SMILES string of the molecule is CNC(c1cc(Cl)cc(Br)c1)C1CCOCC1. The number of nitrogens with one attached hydrogen (secondary N) is 1. The highest BCUT2D eigenvalue weighted by Gasteiger charge is 2.24. The zero-order valence-corrected chi connectivity index (χ0v) is 12.2. The molecule has 2 rings (SSSR count). The van der Waals surface area contributed by atoms with Crippen LogP contribution in [-0.4, -0.2) is 20.3 Å². The second-order valence-electron chi connectivity index (χ2n) is 4.42. The molecule has 0 aliphatic carbocycles. The zero-order valence-electron chi connectivity index (χ0n) is 9.88. The van der Waals surface area contributed by atoms with Gasteiger partial charge in [0.2, 0.25) is 0 Å². The molecule has 1 unspecified atom stereocenters. The van der Waals surface area contributed by atoms with Gasteiger partial charge in [-0.15, -0.1) is 0 Å². The first-order valence-corrected chi connectivity index (χ1v) is 7.09. The van der Waals surface area contributed by atoms with Gasteiger partial charge in [0.05, 0.1) is 0 Å². The van der Waals surface area contributed by atoms with Gasteiger partial charge in [0, 0.05) is 28.8 Å². The van der Waals surface area contributed by atoms with Gasteiger partial charge in [0.15, 0.2) is 0 Å². The summed E-state index contributed by atoms with van der Waals surface area (Å²) in [7, 11) is 2.01. The molecule has 0 radical (unpaired) electrons. The minimum atomic E-state index is 0.355. The predicted molar refractivity (Wildman–Crippen MR) is 74.5 cm³/mol. The van der Waals surface area contributed by atoms with Crippen LogP contribution in [0.4, 0.5) is 0 Å². The van der Waals surface area contributed by atoms with Crippen molar-refractivity contribution >= 4 is 27.5 Å². The van der Waals surface area contributed by atoms with E-state index in [1.807, 2.05) is 19.2 Å². The van der Waals surface area contributed by atoms with Crippen molar-refractivity contribution in [3.8, 4) is 0 Å². The monoisotopic (exact) mass is 317 g/mol. The predicted octanol–water partition coefficient (Wildman–Crippen LogP) is 3.79. The molecule has 1 saturated heterocycles. The van der Waals surface area contributed by atoms with Crippen molar-refractivity contribution in [2.75, 3.05) is 20.3 Å². The topological polar surface area (TPSA) is 21.3 Å². The lowest BCUT2D eigenvalue weighted by Crippen LogP contribution is -2.30. The van der Waals surface area contributed by atoms with Gasteiger partial charge < -0.3 is 10.1 Å². The summed E-state index contributed by atoms with van der Waals surface area (Å²) in [6.07, 6.45) is 2.21. The number of benzene rings is 1. The van der Waals surface area contributed by atoms with E-state index >= 15 is 0 Å². The molecule has 94 valence electrons. The maximum Gasteiger partial charge on any atom is 0.0469 e. The molecule has 1 atom stereocenters. The van der Waals surface area contributed by atoms with Crippen LogP contribution in [0.1, 0.15) is 24.4 Å². The van der Waals surface area contributed by atoms with E-state index < -0.39 is 0 Å². The average molecular weight is 319 g/mol. The van der Waals surface area contributed by atoms with Crippen LogP contribution in [-0.2, 0) is 4.74 Å². The minimum absolute atomic E-state index is 0.355. The van der Waals surface area contributed by atoms with E-state index in [2.05, 4.69) is 27.3 Å². The highest BCUT2D eigenvalue weighted by atomic mass is 79.9. The van der Waals surface area contributed by atoms with E-state index in [9.17, 15) is 0 Å². The van der Waals surface area contributed by atoms with Crippen molar-refractivity contribution in [3.63, 3.8) is 0 Å². The summed E-state index contributed by atoms with van der Waals surface area (Å²) in [5, 5.41) is 4.19. The van der Waals surface area contributed by atoms with Crippen molar-refractivity contribution < 1.29 is 4.74 Å². The number of hydrogen-bond acceptors (Lipinski definition) is 2. The van der Waals surface area contributed by atoms with Crippen molar-refractivity contribution in [2.24, 2.45) is 5.92 Å². The largest absolute Gasteiger partial charge is 0.381 e. The van der Waals surface area contributed by atoms with Crippen LogP contribution in [0.2, 0.25) is 5.02 Å². The Labute approximate surface area is 116 Å². The molecule has 1 aliphatic rings. The van der Waals surface area contributed by atoms with Crippen molar-refractivity contribution in [3.05, 3.63) is 33.3 Å². The first-order chi connectivity index (χ1) is 8.20. The van der Waals surface area contributed by atoms with Crippen molar-refractivity contribution in [1.82, 2.24) is 5.32 Å². The van der Waals surface area contributed by atoms with Gasteiger partial charge in [-0.05, 0) is 49.6 Å². The van der Waals surface area contributed by atoms with Crippen LogP contribution < -0.4 is 5.32 Å². The summed E-state index contributed by atoms with van der Waals surface area (Å²) >= 11 is 9.61. The minimum Gasteiger partial charge on any atom is -0.381 e. The first-order valence-electron chi connectivity index (χ1n) is 5.91. The van der Waals surface area contributed by atoms with Gasteiger partial charge in [-0.1, -0.05) is 27.5 Å². The van der Waals surface area contributed by atoms with Gasteiger partial charge in [-0.3, -0.25) is 0 Å². The van der Waals surface area contributed by atoms with Crippen LogP contribution in [0.5, 0.6) is 0 Å². The fourth-order valence-electron chi connectivity index (χ4n) is 2.48. The van der Waals surface area contributed by atoms with E-state index in [0.717, 1.165) is 35.6 Å². The molecule has 1 fully saturated rings. The van der Waals surface area contributed by atoms with Crippen LogP contribution in [0, 0.1) is 5.92 Å². The molecule has 1 aromatic rings. The van der Waals surface area contributed by atoms with Gasteiger partial charge in [-0.25, -0.2) is 0 Å². The normalized spacial score (nSPS) is 19.2. The lowest BCUT2D eigenvalue weighted by molar-refractivity contribution is 0.0546. The third-order valence-electron chi connectivity index (χ3n) is 3.29. The Bertz CT molecular complexity index is 359. The molecule has 1 heterocycles. The average Bonchev–Trinajstić information content (AvgIpc) is 2.30. The van der Waals surface area contributed by atoms with Crippen LogP contribution in [0.3, 0.4) is 0 Å². The number of rotatable bonds is 3. The fourth-order valence-corrected chi connectivity index (χ4v) is 3.36. The standard InChI is InChI=1S/C13H17BrClNO/c1-16-13(9-2-4-17-5-3-9)10-6-11(14)8-12(15)7-10/h6-9,13,16H,2-5H2,1H3. The van der Waals surface area contributed by atoms with E-state index in [1.54, 1.807) is 0 Å². The third-order valence-corrected chi connectivity index (χ3v) is 3.97. The summed E-state index contributed by atoms with van der Waals surface area (Å²) in [4.78, 5) is 0. The van der Waals surface area contributed by atoms with Crippen LogP contribution in [0.15, 0.2) is 22.7 Å². The molecule has 1 N–H and O–H groups in total. The second kappa shape index (κ2) is 6.19. The molecule has 0 aromatic heterocycles. The van der Waals surface area contributed by atoms with E-state index in [0.29, 0.717) is 12.0 Å². The number of hydrogen-bond donors (Lipinski definition) is 1. The van der Waals surface area contributed by atoms with Gasteiger partial charge in [0.1, 0.15) is 0 Å². The molecular weight excluding hydrogens is 302 g/mol. The smallest absolute Gasteiger partial charge is 0.0469 e. The summed E-state index contributed by atoms with van der Waals surface area (Å²) in [6.45, 7) is 1.73. The molecule has 1 aliphatic heterocycles. The van der Waals surface area contributed by atoms with Gasteiger partial charge >= 0.3 is 0 Å². The molecule has 2 nitrogen and oxygen atoms in total. The highest BCUT2D eigenvalue weighted by molar-refractivity contribution is 9.10. The lowest BCUT2D eigenvalue weighted by atomic mass is 9.87. The zero-order chi connectivity index (χ0) is 12.3.